The molecule has 2 aromatic carbocycles. The van der Waals surface area contributed by atoms with Crippen molar-refractivity contribution in [3.8, 4) is 11.5 Å². The number of nitrogens with zero attached hydrogens (tertiary/aromatic N) is 6. The van der Waals surface area contributed by atoms with Crippen LogP contribution >= 0.6 is 0 Å². The van der Waals surface area contributed by atoms with Crippen molar-refractivity contribution in [2.75, 3.05) is 0 Å². The summed E-state index contributed by atoms with van der Waals surface area (Å²) in [7, 11) is 0. The van der Waals surface area contributed by atoms with Gasteiger partial charge in [0.25, 0.3) is 0 Å². The van der Waals surface area contributed by atoms with Crippen molar-refractivity contribution in [2.24, 2.45) is 9.98 Å². The van der Waals surface area contributed by atoms with Crippen molar-refractivity contribution in [1.82, 2.24) is 9.13 Å². The number of unbranched alkanes of at least 4 members (excludes halogenated alkanes) is 2. The highest BCUT2D eigenvalue weighted by atomic mass is 16.3. The summed E-state index contributed by atoms with van der Waals surface area (Å²) in [4.78, 5) is 10.2. The first-order valence-electron chi connectivity index (χ1n) is 19.6. The first-order chi connectivity index (χ1) is 24.7. The van der Waals surface area contributed by atoms with Crippen LogP contribution in [0.4, 0.5) is 0 Å². The Morgan fingerprint density at radius 1 is 0.673 bits per heavy atom. The van der Waals surface area contributed by atoms with Gasteiger partial charge in [0, 0.05) is 34.7 Å². The number of hydrogen-bond acceptors (Lipinski definition) is 4. The van der Waals surface area contributed by atoms with Crippen molar-refractivity contribution < 1.29 is 19.3 Å². The third kappa shape index (κ3) is 10.2. The molecule has 0 bridgehead atoms. The largest absolute Gasteiger partial charge is 0.507 e. The Morgan fingerprint density at radius 3 is 1.44 bits per heavy atom. The normalized spacial score (nSPS) is 17.2. The first kappa shape index (κ1) is 39.0. The molecule has 0 saturated heterocycles. The SMILES string of the molecule is CCCCn1cc[n+](Cc2cc(C=N[C@@H]3CCCC[C@H]3N=Cc3cc(C[n+]4ccn(CCCC)c4)cc(C(C)(C)C)c3O)c(O)c(C(C)(C)C)c2)c1. The number of imidazole rings is 2. The fourth-order valence-corrected chi connectivity index (χ4v) is 7.18. The number of aromatic hydroxyl groups is 2. The predicted octanol–water partition coefficient (Wildman–Crippen LogP) is 8.42. The lowest BCUT2D eigenvalue weighted by Gasteiger charge is -2.26. The molecule has 2 atom stereocenters. The molecule has 1 aliphatic rings. The van der Waals surface area contributed by atoms with E-state index in [1.54, 1.807) is 0 Å². The van der Waals surface area contributed by atoms with E-state index in [2.05, 4.69) is 135 Å². The Kier molecular flexibility index (Phi) is 12.8. The van der Waals surface area contributed by atoms with Gasteiger partial charge in [0.05, 0.1) is 25.2 Å². The summed E-state index contributed by atoms with van der Waals surface area (Å²) in [5.41, 5.74) is 5.19. The number of benzene rings is 2. The van der Waals surface area contributed by atoms with E-state index >= 15 is 0 Å². The molecule has 280 valence electrons. The molecule has 1 saturated carbocycles. The summed E-state index contributed by atoms with van der Waals surface area (Å²) in [5.74, 6) is 0.604. The summed E-state index contributed by atoms with van der Waals surface area (Å²) >= 11 is 0. The topological polar surface area (TPSA) is 82.8 Å². The smallest absolute Gasteiger partial charge is 0.244 e. The lowest BCUT2D eigenvalue weighted by Crippen LogP contribution is -2.32. The van der Waals surface area contributed by atoms with Crippen LogP contribution in [0, 0.1) is 0 Å². The number of rotatable bonds is 14. The molecular formula is C44H64N6O2+2. The molecule has 1 fully saturated rings. The van der Waals surface area contributed by atoms with Gasteiger partial charge in [0.1, 0.15) is 49.4 Å². The van der Waals surface area contributed by atoms with E-state index < -0.39 is 0 Å². The van der Waals surface area contributed by atoms with Gasteiger partial charge < -0.3 is 10.2 Å². The van der Waals surface area contributed by atoms with Gasteiger partial charge in [-0.3, -0.25) is 9.98 Å². The Morgan fingerprint density at radius 2 is 1.08 bits per heavy atom. The fraction of sp³-hybridized carbons (Fsp3) is 0.545. The maximum atomic E-state index is 11.5. The molecule has 8 nitrogen and oxygen atoms in total. The highest BCUT2D eigenvalue weighted by Gasteiger charge is 2.26. The summed E-state index contributed by atoms with van der Waals surface area (Å²) in [6.07, 6.45) is 25.4. The van der Waals surface area contributed by atoms with E-state index in [1.807, 2.05) is 12.4 Å². The van der Waals surface area contributed by atoms with Crippen molar-refractivity contribution in [3.05, 3.63) is 95.1 Å². The number of aromatic nitrogens is 4. The molecular weight excluding hydrogens is 645 g/mol. The van der Waals surface area contributed by atoms with Crippen LogP contribution in [0.2, 0.25) is 0 Å². The summed E-state index contributed by atoms with van der Waals surface area (Å²) in [6, 6.07) is 8.45. The van der Waals surface area contributed by atoms with Crippen LogP contribution in [-0.4, -0.2) is 43.9 Å². The van der Waals surface area contributed by atoms with E-state index in [9.17, 15) is 10.2 Å². The molecule has 4 aromatic rings. The third-order valence-electron chi connectivity index (χ3n) is 10.3. The quantitative estimate of drug-likeness (QED) is 0.102. The van der Waals surface area contributed by atoms with Crippen LogP contribution in [0.15, 0.2) is 71.7 Å². The summed E-state index contributed by atoms with van der Waals surface area (Å²) in [5, 5.41) is 23.0. The molecule has 0 radical (unpaired) electrons. The molecule has 5 rings (SSSR count). The molecule has 0 spiro atoms. The molecule has 2 heterocycles. The summed E-state index contributed by atoms with van der Waals surface area (Å²) < 4.78 is 8.90. The second-order valence-corrected chi connectivity index (χ2v) is 17.0. The van der Waals surface area contributed by atoms with E-state index in [1.165, 1.54) is 12.8 Å². The van der Waals surface area contributed by atoms with Crippen LogP contribution in [0.25, 0.3) is 0 Å². The average molecular weight is 709 g/mol. The Hall–Kier alpha value is -4.20. The van der Waals surface area contributed by atoms with Gasteiger partial charge in [-0.1, -0.05) is 81.1 Å². The molecule has 0 amide bonds. The van der Waals surface area contributed by atoms with Crippen molar-refractivity contribution in [1.29, 1.82) is 0 Å². The zero-order chi connectivity index (χ0) is 37.5. The zero-order valence-corrected chi connectivity index (χ0v) is 33.1. The van der Waals surface area contributed by atoms with E-state index in [-0.39, 0.29) is 22.9 Å². The highest BCUT2D eigenvalue weighted by molar-refractivity contribution is 5.86. The van der Waals surface area contributed by atoms with Crippen LogP contribution in [-0.2, 0) is 37.0 Å². The Labute approximate surface area is 312 Å². The van der Waals surface area contributed by atoms with Gasteiger partial charge >= 0.3 is 0 Å². The van der Waals surface area contributed by atoms with Crippen LogP contribution in [0.5, 0.6) is 11.5 Å². The van der Waals surface area contributed by atoms with Crippen molar-refractivity contribution in [3.63, 3.8) is 0 Å². The molecule has 8 heteroatoms. The van der Waals surface area contributed by atoms with Gasteiger partial charge in [-0.25, -0.2) is 18.3 Å². The van der Waals surface area contributed by atoms with Crippen molar-refractivity contribution in [2.45, 2.75) is 156 Å². The zero-order valence-electron chi connectivity index (χ0n) is 33.1. The van der Waals surface area contributed by atoms with Gasteiger partial charge in [-0.05, 0) is 71.9 Å². The lowest BCUT2D eigenvalue weighted by atomic mass is 9.84. The monoisotopic (exact) mass is 709 g/mol. The van der Waals surface area contributed by atoms with Crippen molar-refractivity contribution >= 4 is 12.4 Å². The van der Waals surface area contributed by atoms with Gasteiger partial charge in [-0.15, -0.1) is 0 Å². The highest BCUT2D eigenvalue weighted by Crippen LogP contribution is 2.36. The standard InChI is InChI=1S/C44H62N6O2/c1-9-11-17-47-19-21-49(31-47)29-33-23-35(41(51)37(25-33)43(3,4)5)27-45-39-15-13-14-16-40(39)46-28-36-24-34(26-38(42(36)52)44(6,7)8)30-50-22-20-48(32-50)18-12-10-2/h19-28,31-32,39-40H,9-18,29-30H2,1-8H3/p+2/t39-,40-/m1/s1. The minimum absolute atomic E-state index is 0.000955. The first-order valence-corrected chi connectivity index (χ1v) is 19.6. The molecule has 1 aliphatic carbocycles. The minimum Gasteiger partial charge on any atom is -0.507 e. The summed E-state index contributed by atoms with van der Waals surface area (Å²) in [6.45, 7) is 20.8. The van der Waals surface area contributed by atoms with Gasteiger partial charge in [-0.2, -0.15) is 0 Å². The van der Waals surface area contributed by atoms with Crippen LogP contribution in [0.1, 0.15) is 140 Å². The van der Waals surface area contributed by atoms with Gasteiger partial charge in [0.2, 0.25) is 12.7 Å². The fourth-order valence-electron chi connectivity index (χ4n) is 7.18. The molecule has 2 N–H and O–H groups in total. The number of aliphatic imine (C=N–C) groups is 2. The Bertz CT molecular complexity index is 1700. The number of phenolic OH excluding ortho intramolecular Hbond substituents is 2. The molecule has 52 heavy (non-hydrogen) atoms. The second kappa shape index (κ2) is 17.1. The minimum atomic E-state index is -0.224. The van der Waals surface area contributed by atoms with Crippen LogP contribution in [0.3, 0.4) is 0 Å². The molecule has 2 aromatic heterocycles. The van der Waals surface area contributed by atoms with E-state index in [4.69, 9.17) is 9.98 Å². The van der Waals surface area contributed by atoms with Crippen LogP contribution < -0.4 is 9.13 Å². The van der Waals surface area contributed by atoms with E-state index in [0.29, 0.717) is 11.5 Å². The third-order valence-corrected chi connectivity index (χ3v) is 10.3. The maximum Gasteiger partial charge on any atom is 0.244 e. The molecule has 0 aliphatic heterocycles. The average Bonchev–Trinajstić information content (AvgIpc) is 3.74. The Balaban J connectivity index is 1.40. The predicted molar refractivity (Wildman–Crippen MR) is 212 cm³/mol. The van der Waals surface area contributed by atoms with E-state index in [0.717, 1.165) is 98.1 Å². The maximum absolute atomic E-state index is 11.5. The molecule has 0 unspecified atom stereocenters. The lowest BCUT2D eigenvalue weighted by molar-refractivity contribution is -0.688. The number of phenols is 2. The van der Waals surface area contributed by atoms with Gasteiger partial charge in [0.15, 0.2) is 0 Å². The number of hydrogen-bond donors (Lipinski definition) is 2. The second-order valence-electron chi connectivity index (χ2n) is 17.0. The number of aryl methyl sites for hydroxylation is 2.